The van der Waals surface area contributed by atoms with Crippen molar-refractivity contribution < 1.29 is 0 Å². The fraction of sp³-hybridized carbons (Fsp3) is 0.556. The molecule has 0 spiro atoms. The lowest BCUT2D eigenvalue weighted by molar-refractivity contribution is 0.221. The number of hydrogen-bond donors (Lipinski definition) is 0. The highest BCUT2D eigenvalue weighted by Gasteiger charge is 2.23. The second kappa shape index (κ2) is 11.0. The first-order valence-corrected chi connectivity index (χ1v) is 12.0. The van der Waals surface area contributed by atoms with Crippen LogP contribution >= 0.6 is 0 Å². The number of piperidine rings is 1. The van der Waals surface area contributed by atoms with Gasteiger partial charge in [-0.2, -0.15) is 0 Å². The molecule has 0 N–H and O–H groups in total. The Kier molecular flexibility index (Phi) is 7.82. The Morgan fingerprint density at radius 3 is 2.37 bits per heavy atom. The number of likely N-dealkylation sites (tertiary alicyclic amines) is 1. The average Bonchev–Trinajstić information content (AvgIpc) is 3.27. The van der Waals surface area contributed by atoms with Gasteiger partial charge in [0.25, 0.3) is 0 Å². The normalized spacial score (nSPS) is 20.2. The van der Waals surface area contributed by atoms with Gasteiger partial charge in [0, 0.05) is 31.9 Å². The molecule has 2 aromatic carbocycles. The molecule has 162 valence electrons. The van der Waals surface area contributed by atoms with Crippen molar-refractivity contribution in [1.82, 2.24) is 9.80 Å². The van der Waals surface area contributed by atoms with E-state index < -0.39 is 0 Å². The Morgan fingerprint density at radius 2 is 1.60 bits per heavy atom. The standard InChI is InChI=1S/C27H39N3/c1-28(19-14-24-8-4-2-5-9-24)20-15-26-16-21-30(23-26)27-12-10-25(11-13-27)22-29-17-6-3-7-18-29/h2,4-5,8-13,26H,3,6-7,14-23H2,1H3. The number of likely N-dealkylation sites (N-methyl/N-ethyl adjacent to an activating group) is 1. The third-order valence-corrected chi connectivity index (χ3v) is 6.99. The number of hydrogen-bond acceptors (Lipinski definition) is 3. The third kappa shape index (κ3) is 6.33. The van der Waals surface area contributed by atoms with E-state index in [0.717, 1.165) is 25.4 Å². The van der Waals surface area contributed by atoms with E-state index in [2.05, 4.69) is 76.3 Å². The first-order chi connectivity index (χ1) is 14.8. The molecule has 0 amide bonds. The van der Waals surface area contributed by atoms with Gasteiger partial charge in [0.1, 0.15) is 0 Å². The van der Waals surface area contributed by atoms with Crippen molar-refractivity contribution >= 4 is 5.69 Å². The molecule has 30 heavy (non-hydrogen) atoms. The molecular formula is C27H39N3. The summed E-state index contributed by atoms with van der Waals surface area (Å²) in [5.74, 6) is 0.831. The molecule has 2 aliphatic heterocycles. The Morgan fingerprint density at radius 1 is 0.833 bits per heavy atom. The summed E-state index contributed by atoms with van der Waals surface area (Å²) in [6.07, 6.45) is 7.95. The van der Waals surface area contributed by atoms with Crippen LogP contribution in [0.3, 0.4) is 0 Å². The van der Waals surface area contributed by atoms with Crippen LogP contribution in [0.4, 0.5) is 5.69 Å². The van der Waals surface area contributed by atoms with Gasteiger partial charge in [-0.1, -0.05) is 48.9 Å². The molecule has 0 radical (unpaired) electrons. The molecule has 2 aromatic rings. The van der Waals surface area contributed by atoms with Crippen molar-refractivity contribution in [3.63, 3.8) is 0 Å². The molecule has 0 aromatic heterocycles. The number of anilines is 1. The maximum Gasteiger partial charge on any atom is 0.0366 e. The van der Waals surface area contributed by atoms with Gasteiger partial charge in [0.15, 0.2) is 0 Å². The van der Waals surface area contributed by atoms with Crippen LogP contribution in [0.15, 0.2) is 54.6 Å². The predicted octanol–water partition coefficient (Wildman–Crippen LogP) is 5.06. The van der Waals surface area contributed by atoms with Crippen molar-refractivity contribution in [3.8, 4) is 0 Å². The molecule has 2 fully saturated rings. The van der Waals surface area contributed by atoms with Crippen molar-refractivity contribution in [2.45, 2.75) is 45.1 Å². The molecule has 4 rings (SSSR count). The van der Waals surface area contributed by atoms with E-state index in [0.29, 0.717) is 0 Å². The topological polar surface area (TPSA) is 9.72 Å². The summed E-state index contributed by atoms with van der Waals surface area (Å²) in [6.45, 7) is 8.46. The summed E-state index contributed by atoms with van der Waals surface area (Å²) in [7, 11) is 2.27. The average molecular weight is 406 g/mol. The van der Waals surface area contributed by atoms with E-state index >= 15 is 0 Å². The Labute approximate surface area is 183 Å². The summed E-state index contributed by atoms with van der Waals surface area (Å²) in [4.78, 5) is 7.71. The maximum absolute atomic E-state index is 2.61. The maximum atomic E-state index is 2.61. The van der Waals surface area contributed by atoms with Crippen molar-refractivity contribution in [1.29, 1.82) is 0 Å². The quantitative estimate of drug-likeness (QED) is 0.577. The zero-order valence-electron chi connectivity index (χ0n) is 18.8. The van der Waals surface area contributed by atoms with E-state index in [4.69, 9.17) is 0 Å². The lowest BCUT2D eigenvalue weighted by Crippen LogP contribution is -2.29. The lowest BCUT2D eigenvalue weighted by atomic mass is 10.0. The van der Waals surface area contributed by atoms with Gasteiger partial charge in [0.2, 0.25) is 0 Å². The van der Waals surface area contributed by atoms with Gasteiger partial charge in [-0.3, -0.25) is 4.90 Å². The zero-order chi connectivity index (χ0) is 20.6. The van der Waals surface area contributed by atoms with Crippen LogP contribution in [-0.2, 0) is 13.0 Å². The molecule has 2 aliphatic rings. The highest BCUT2D eigenvalue weighted by molar-refractivity contribution is 5.48. The minimum absolute atomic E-state index is 0.831. The van der Waals surface area contributed by atoms with Crippen LogP contribution in [0.25, 0.3) is 0 Å². The van der Waals surface area contributed by atoms with E-state index in [1.54, 1.807) is 0 Å². The molecule has 0 saturated carbocycles. The zero-order valence-corrected chi connectivity index (χ0v) is 18.8. The van der Waals surface area contributed by atoms with Crippen LogP contribution in [0.2, 0.25) is 0 Å². The molecule has 0 bridgehead atoms. The summed E-state index contributed by atoms with van der Waals surface area (Å²) in [6, 6.07) is 20.3. The van der Waals surface area contributed by atoms with Crippen molar-refractivity contribution in [2.75, 3.05) is 51.2 Å². The van der Waals surface area contributed by atoms with Crippen molar-refractivity contribution in [2.24, 2.45) is 5.92 Å². The van der Waals surface area contributed by atoms with Gasteiger partial charge in [0.05, 0.1) is 0 Å². The molecule has 3 nitrogen and oxygen atoms in total. The Bertz CT molecular complexity index is 736. The number of nitrogens with zero attached hydrogens (tertiary/aromatic N) is 3. The second-order valence-electron chi connectivity index (χ2n) is 9.43. The molecule has 0 aliphatic carbocycles. The van der Waals surface area contributed by atoms with Gasteiger partial charge < -0.3 is 9.80 Å². The van der Waals surface area contributed by atoms with Crippen molar-refractivity contribution in [3.05, 3.63) is 65.7 Å². The summed E-state index contributed by atoms with van der Waals surface area (Å²) >= 11 is 0. The van der Waals surface area contributed by atoms with E-state index in [1.807, 2.05) is 0 Å². The Hall–Kier alpha value is -1.84. The summed E-state index contributed by atoms with van der Waals surface area (Å²) in [5, 5.41) is 0. The number of benzene rings is 2. The van der Waals surface area contributed by atoms with Gasteiger partial charge in [-0.15, -0.1) is 0 Å². The second-order valence-corrected chi connectivity index (χ2v) is 9.43. The fourth-order valence-corrected chi connectivity index (χ4v) is 4.97. The van der Waals surface area contributed by atoms with E-state index in [1.165, 1.54) is 81.6 Å². The van der Waals surface area contributed by atoms with Crippen LogP contribution in [0.1, 0.15) is 43.2 Å². The lowest BCUT2D eigenvalue weighted by Gasteiger charge is -2.26. The predicted molar refractivity (Wildman–Crippen MR) is 128 cm³/mol. The SMILES string of the molecule is CN(CCc1ccccc1)CCC1CCN(c2ccc(CN3CCCCC3)cc2)C1. The highest BCUT2D eigenvalue weighted by Crippen LogP contribution is 2.26. The van der Waals surface area contributed by atoms with Gasteiger partial charge in [-0.05, 0) is 88.0 Å². The molecule has 3 heteroatoms. The fourth-order valence-electron chi connectivity index (χ4n) is 4.97. The van der Waals surface area contributed by atoms with Crippen LogP contribution in [0.5, 0.6) is 0 Å². The van der Waals surface area contributed by atoms with Gasteiger partial charge in [-0.25, -0.2) is 0 Å². The van der Waals surface area contributed by atoms with Crippen LogP contribution in [0, 0.1) is 5.92 Å². The first kappa shape index (κ1) is 21.4. The largest absolute Gasteiger partial charge is 0.371 e. The summed E-state index contributed by atoms with van der Waals surface area (Å²) < 4.78 is 0. The molecule has 2 saturated heterocycles. The van der Waals surface area contributed by atoms with Gasteiger partial charge >= 0.3 is 0 Å². The monoisotopic (exact) mass is 405 g/mol. The molecule has 2 heterocycles. The first-order valence-electron chi connectivity index (χ1n) is 12.0. The Balaban J connectivity index is 1.17. The molecule has 1 unspecified atom stereocenters. The third-order valence-electron chi connectivity index (χ3n) is 6.99. The highest BCUT2D eigenvalue weighted by atomic mass is 15.2. The van der Waals surface area contributed by atoms with E-state index in [-0.39, 0.29) is 0 Å². The smallest absolute Gasteiger partial charge is 0.0366 e. The molecule has 1 atom stereocenters. The minimum atomic E-state index is 0.831. The molecular weight excluding hydrogens is 366 g/mol. The number of rotatable bonds is 9. The van der Waals surface area contributed by atoms with Crippen LogP contribution < -0.4 is 4.90 Å². The minimum Gasteiger partial charge on any atom is -0.371 e. The van der Waals surface area contributed by atoms with E-state index in [9.17, 15) is 0 Å². The summed E-state index contributed by atoms with van der Waals surface area (Å²) in [5.41, 5.74) is 4.33. The van der Waals surface area contributed by atoms with Crippen LogP contribution in [-0.4, -0.2) is 56.1 Å².